The molecule has 1 atom stereocenters. The Morgan fingerprint density at radius 3 is 2.60 bits per heavy atom. The number of piperidine rings is 1. The van der Waals surface area contributed by atoms with Crippen LogP contribution in [-0.2, 0) is 14.8 Å². The van der Waals surface area contributed by atoms with Crippen molar-refractivity contribution in [2.75, 3.05) is 25.5 Å². The number of rotatable bonds is 6. The highest BCUT2D eigenvalue weighted by atomic mass is 35.5. The van der Waals surface area contributed by atoms with E-state index in [1.54, 1.807) is 0 Å². The van der Waals surface area contributed by atoms with Crippen molar-refractivity contribution in [1.82, 2.24) is 4.31 Å². The highest BCUT2D eigenvalue weighted by Gasteiger charge is 2.33. The average Bonchev–Trinajstić information content (AvgIpc) is 2.74. The maximum Gasteiger partial charge on any atom is 0.271 e. The van der Waals surface area contributed by atoms with Crippen molar-refractivity contribution in [2.45, 2.75) is 17.7 Å². The number of carbonyl (C=O) groups is 1. The van der Waals surface area contributed by atoms with Crippen LogP contribution in [0.25, 0.3) is 0 Å². The number of anilines is 1. The van der Waals surface area contributed by atoms with Gasteiger partial charge in [-0.15, -0.1) is 0 Å². The molecular weight excluding hydrogens is 434 g/mol. The lowest BCUT2D eigenvalue weighted by Crippen LogP contribution is -2.43. The molecule has 0 unspecified atom stereocenters. The van der Waals surface area contributed by atoms with Crippen molar-refractivity contribution < 1.29 is 22.9 Å². The summed E-state index contributed by atoms with van der Waals surface area (Å²) in [5, 5.41) is 14.1. The van der Waals surface area contributed by atoms with Crippen LogP contribution in [0.5, 0.6) is 5.75 Å². The highest BCUT2D eigenvalue weighted by molar-refractivity contribution is 7.89. The number of sulfonamides is 1. The summed E-state index contributed by atoms with van der Waals surface area (Å²) in [5.41, 5.74) is -0.0314. The molecule has 1 amide bonds. The maximum absolute atomic E-state index is 12.9. The molecule has 0 saturated carbocycles. The molecule has 30 heavy (non-hydrogen) atoms. The van der Waals surface area contributed by atoms with Crippen LogP contribution >= 0.6 is 11.6 Å². The third-order valence-corrected chi connectivity index (χ3v) is 6.99. The molecule has 160 valence electrons. The van der Waals surface area contributed by atoms with Crippen molar-refractivity contribution in [3.05, 3.63) is 57.6 Å². The van der Waals surface area contributed by atoms with Crippen LogP contribution < -0.4 is 10.1 Å². The topological polar surface area (TPSA) is 119 Å². The summed E-state index contributed by atoms with van der Waals surface area (Å²) in [4.78, 5) is 23.3. The third-order valence-electron chi connectivity index (χ3n) is 4.86. The van der Waals surface area contributed by atoms with Gasteiger partial charge in [0.2, 0.25) is 15.9 Å². The lowest BCUT2D eigenvalue weighted by atomic mass is 9.98. The lowest BCUT2D eigenvalue weighted by molar-refractivity contribution is -0.384. The van der Waals surface area contributed by atoms with Gasteiger partial charge in [0, 0.05) is 30.2 Å². The molecule has 9 nitrogen and oxygen atoms in total. The number of nitro groups is 1. The van der Waals surface area contributed by atoms with E-state index < -0.39 is 26.8 Å². The predicted octanol–water partition coefficient (Wildman–Crippen LogP) is 3.30. The van der Waals surface area contributed by atoms with E-state index in [-0.39, 0.29) is 28.6 Å². The Kier molecular flexibility index (Phi) is 6.59. The molecule has 0 spiro atoms. The van der Waals surface area contributed by atoms with Gasteiger partial charge in [0.15, 0.2) is 0 Å². The smallest absolute Gasteiger partial charge is 0.271 e. The van der Waals surface area contributed by atoms with Crippen molar-refractivity contribution >= 4 is 38.9 Å². The second-order valence-electron chi connectivity index (χ2n) is 6.79. The largest absolute Gasteiger partial charge is 0.495 e. The van der Waals surface area contributed by atoms with Gasteiger partial charge in [0.05, 0.1) is 28.5 Å². The molecule has 1 aliphatic heterocycles. The van der Waals surface area contributed by atoms with Crippen molar-refractivity contribution in [2.24, 2.45) is 5.92 Å². The Bertz CT molecular complexity index is 1060. The first kappa shape index (κ1) is 22.0. The van der Waals surface area contributed by atoms with Crippen molar-refractivity contribution in [3.63, 3.8) is 0 Å². The molecule has 0 aliphatic carbocycles. The van der Waals surface area contributed by atoms with Gasteiger partial charge in [-0.3, -0.25) is 14.9 Å². The molecule has 0 aromatic heterocycles. The average molecular weight is 454 g/mol. The van der Waals surface area contributed by atoms with Gasteiger partial charge in [-0.25, -0.2) is 8.42 Å². The number of carbonyl (C=O) groups excluding carboxylic acids is 1. The molecule has 0 bridgehead atoms. The molecule has 2 aromatic carbocycles. The molecule has 1 saturated heterocycles. The van der Waals surface area contributed by atoms with Gasteiger partial charge in [-0.1, -0.05) is 11.6 Å². The minimum Gasteiger partial charge on any atom is -0.495 e. The summed E-state index contributed by atoms with van der Waals surface area (Å²) in [6.07, 6.45) is 1.01. The summed E-state index contributed by atoms with van der Waals surface area (Å²) in [5.74, 6) is -0.759. The van der Waals surface area contributed by atoms with E-state index in [1.807, 2.05) is 0 Å². The zero-order chi connectivity index (χ0) is 21.9. The first-order valence-electron chi connectivity index (χ1n) is 9.11. The van der Waals surface area contributed by atoms with E-state index in [0.717, 1.165) is 0 Å². The van der Waals surface area contributed by atoms with Crippen LogP contribution in [0.1, 0.15) is 12.8 Å². The number of methoxy groups -OCH3 is 1. The fraction of sp³-hybridized carbons (Fsp3) is 0.316. The molecule has 1 N–H and O–H groups in total. The second kappa shape index (κ2) is 8.99. The second-order valence-corrected chi connectivity index (χ2v) is 9.16. The molecule has 0 radical (unpaired) electrons. The van der Waals surface area contributed by atoms with E-state index in [2.05, 4.69) is 5.32 Å². The zero-order valence-electron chi connectivity index (χ0n) is 16.1. The molecule has 2 aromatic rings. The van der Waals surface area contributed by atoms with Crippen LogP contribution in [0.3, 0.4) is 0 Å². The molecule has 1 aliphatic rings. The SMILES string of the molecule is COc1ccc([N+](=O)[O-])cc1NC(=O)[C@@H]1CCCN(S(=O)(=O)c2ccc(Cl)cc2)C1. The minimum absolute atomic E-state index is 0.00797. The third kappa shape index (κ3) is 4.72. The van der Waals surface area contributed by atoms with Gasteiger partial charge in [0.25, 0.3) is 5.69 Å². The van der Waals surface area contributed by atoms with E-state index in [9.17, 15) is 23.3 Å². The molecule has 11 heteroatoms. The monoisotopic (exact) mass is 453 g/mol. The number of hydrogen-bond donors (Lipinski definition) is 1. The van der Waals surface area contributed by atoms with Crippen LogP contribution in [0.2, 0.25) is 5.02 Å². The van der Waals surface area contributed by atoms with Gasteiger partial charge < -0.3 is 10.1 Å². The quantitative estimate of drug-likeness (QED) is 0.529. The van der Waals surface area contributed by atoms with E-state index in [4.69, 9.17) is 16.3 Å². The number of benzene rings is 2. The lowest BCUT2D eigenvalue weighted by Gasteiger charge is -2.31. The number of amides is 1. The number of nitro benzene ring substituents is 1. The van der Waals surface area contributed by atoms with Crippen molar-refractivity contribution in [3.8, 4) is 5.75 Å². The normalized spacial score (nSPS) is 17.3. The number of nitrogens with one attached hydrogen (secondary N) is 1. The van der Waals surface area contributed by atoms with E-state index in [0.29, 0.717) is 24.4 Å². The Labute approximate surface area is 178 Å². The van der Waals surface area contributed by atoms with Gasteiger partial charge >= 0.3 is 0 Å². The van der Waals surface area contributed by atoms with Crippen LogP contribution in [0, 0.1) is 16.0 Å². The number of non-ortho nitro benzene ring substituents is 1. The van der Waals surface area contributed by atoms with Gasteiger partial charge in [-0.2, -0.15) is 4.31 Å². The van der Waals surface area contributed by atoms with E-state index >= 15 is 0 Å². The molecule has 3 rings (SSSR count). The number of hydrogen-bond acceptors (Lipinski definition) is 6. The standard InChI is InChI=1S/C19H20ClN3O6S/c1-29-18-9-6-15(23(25)26)11-17(18)21-19(24)13-3-2-10-22(12-13)30(27,28)16-7-4-14(20)5-8-16/h4-9,11,13H,2-3,10,12H2,1H3,(H,21,24)/t13-/m1/s1. The fourth-order valence-corrected chi connectivity index (χ4v) is 4.92. The van der Waals surface area contributed by atoms with Gasteiger partial charge in [-0.05, 0) is 43.2 Å². The Morgan fingerprint density at radius 2 is 1.97 bits per heavy atom. The van der Waals surface area contributed by atoms with Gasteiger partial charge in [0.1, 0.15) is 5.75 Å². The first-order chi connectivity index (χ1) is 14.2. The Morgan fingerprint density at radius 1 is 1.27 bits per heavy atom. The molecule has 1 heterocycles. The zero-order valence-corrected chi connectivity index (χ0v) is 17.6. The van der Waals surface area contributed by atoms with E-state index in [1.165, 1.54) is 53.9 Å². The minimum atomic E-state index is -3.77. The van der Waals surface area contributed by atoms with Crippen molar-refractivity contribution in [1.29, 1.82) is 0 Å². The maximum atomic E-state index is 12.9. The predicted molar refractivity (Wildman–Crippen MR) is 111 cm³/mol. The summed E-state index contributed by atoms with van der Waals surface area (Å²) >= 11 is 5.83. The number of ether oxygens (including phenoxy) is 1. The fourth-order valence-electron chi connectivity index (χ4n) is 3.27. The summed E-state index contributed by atoms with van der Waals surface area (Å²) in [6.45, 7) is 0.308. The number of halogens is 1. The molecular formula is C19H20ClN3O6S. The Hall–Kier alpha value is -2.69. The summed E-state index contributed by atoms with van der Waals surface area (Å²) in [6, 6.07) is 9.72. The summed E-state index contributed by atoms with van der Waals surface area (Å²) < 4.78 is 32.2. The Balaban J connectivity index is 1.77. The first-order valence-corrected chi connectivity index (χ1v) is 10.9. The number of nitrogens with zero attached hydrogens (tertiary/aromatic N) is 2. The van der Waals surface area contributed by atoms with Crippen LogP contribution in [-0.4, -0.2) is 43.8 Å². The highest BCUT2D eigenvalue weighted by Crippen LogP contribution is 2.31. The molecule has 1 fully saturated rings. The summed E-state index contributed by atoms with van der Waals surface area (Å²) in [7, 11) is -2.38. The van der Waals surface area contributed by atoms with Crippen LogP contribution in [0.15, 0.2) is 47.4 Å². The van der Waals surface area contributed by atoms with Crippen LogP contribution in [0.4, 0.5) is 11.4 Å².